The number of fused-ring (bicyclic) bond motifs is 1. The van der Waals surface area contributed by atoms with E-state index >= 15 is 0 Å². The lowest BCUT2D eigenvalue weighted by atomic mass is 9.77. The molecule has 1 aliphatic heterocycles. The molecular formula is C23H28N2O5S. The third-order valence-corrected chi connectivity index (χ3v) is 7.47. The maximum atomic E-state index is 13.4. The van der Waals surface area contributed by atoms with Gasteiger partial charge in [-0.1, -0.05) is 18.9 Å². The van der Waals surface area contributed by atoms with E-state index in [4.69, 9.17) is 9.47 Å². The fourth-order valence-corrected chi connectivity index (χ4v) is 5.56. The molecule has 0 saturated heterocycles. The predicted octanol–water partition coefficient (Wildman–Crippen LogP) is 3.60. The van der Waals surface area contributed by atoms with Gasteiger partial charge >= 0.3 is 0 Å². The van der Waals surface area contributed by atoms with Gasteiger partial charge in [-0.25, -0.2) is 13.1 Å². The molecule has 166 valence electrons. The van der Waals surface area contributed by atoms with Crippen molar-refractivity contribution in [2.75, 3.05) is 18.5 Å². The van der Waals surface area contributed by atoms with E-state index in [0.29, 0.717) is 30.4 Å². The van der Waals surface area contributed by atoms with Gasteiger partial charge in [0.2, 0.25) is 15.9 Å². The van der Waals surface area contributed by atoms with Crippen molar-refractivity contribution in [2.24, 2.45) is 0 Å². The minimum atomic E-state index is -3.57. The van der Waals surface area contributed by atoms with Gasteiger partial charge in [-0.3, -0.25) is 4.79 Å². The number of nitrogens with one attached hydrogen (secondary N) is 2. The van der Waals surface area contributed by atoms with Crippen molar-refractivity contribution in [3.63, 3.8) is 0 Å². The van der Waals surface area contributed by atoms with Gasteiger partial charge in [-0.05, 0) is 68.7 Å². The average molecular weight is 445 g/mol. The van der Waals surface area contributed by atoms with Crippen LogP contribution in [0.2, 0.25) is 0 Å². The van der Waals surface area contributed by atoms with Crippen molar-refractivity contribution in [2.45, 2.75) is 55.9 Å². The second-order valence-corrected chi connectivity index (χ2v) is 10.1. The van der Waals surface area contributed by atoms with Crippen LogP contribution in [0.4, 0.5) is 5.69 Å². The first-order valence-corrected chi connectivity index (χ1v) is 12.1. The summed E-state index contributed by atoms with van der Waals surface area (Å²) in [6.07, 6.45) is 3.45. The van der Waals surface area contributed by atoms with Crippen molar-refractivity contribution in [1.29, 1.82) is 0 Å². The lowest BCUT2D eigenvalue weighted by Gasteiger charge is -2.30. The third-order valence-electron chi connectivity index (χ3n) is 5.80. The molecule has 7 nitrogen and oxygen atoms in total. The number of ether oxygens (including phenoxy) is 2. The normalized spacial score (nSPS) is 17.5. The molecule has 0 spiro atoms. The summed E-state index contributed by atoms with van der Waals surface area (Å²) in [7, 11) is -3.57. The number of hydrogen-bond acceptors (Lipinski definition) is 5. The molecule has 0 bridgehead atoms. The van der Waals surface area contributed by atoms with Crippen molar-refractivity contribution >= 4 is 21.6 Å². The zero-order chi connectivity index (χ0) is 22.1. The van der Waals surface area contributed by atoms with E-state index < -0.39 is 15.4 Å². The van der Waals surface area contributed by atoms with E-state index in [1.54, 1.807) is 26.0 Å². The first-order valence-electron chi connectivity index (χ1n) is 10.6. The minimum absolute atomic E-state index is 0.0856. The molecule has 0 aromatic heterocycles. The van der Waals surface area contributed by atoms with Crippen LogP contribution in [0.25, 0.3) is 0 Å². The Bertz CT molecular complexity index is 1060. The number of amides is 1. The van der Waals surface area contributed by atoms with E-state index in [1.807, 2.05) is 18.2 Å². The van der Waals surface area contributed by atoms with E-state index in [0.717, 1.165) is 31.2 Å². The fraction of sp³-hybridized carbons (Fsp3) is 0.435. The van der Waals surface area contributed by atoms with Crippen molar-refractivity contribution in [3.8, 4) is 11.5 Å². The number of carbonyl (C=O) groups is 1. The SMILES string of the molecule is CC(C)NS(=O)(=O)c1ccc(NC(=O)C2(c3ccc4c(c3)OCCO4)CCCC2)cc1. The van der Waals surface area contributed by atoms with Gasteiger partial charge in [-0.15, -0.1) is 0 Å². The van der Waals surface area contributed by atoms with Crippen LogP contribution in [-0.2, 0) is 20.2 Å². The molecule has 4 rings (SSSR count). The van der Waals surface area contributed by atoms with E-state index in [9.17, 15) is 13.2 Å². The summed E-state index contributed by atoms with van der Waals surface area (Å²) < 4.78 is 38.5. The second-order valence-electron chi connectivity index (χ2n) is 8.40. The number of anilines is 1. The van der Waals surface area contributed by atoms with Gasteiger partial charge in [-0.2, -0.15) is 0 Å². The second kappa shape index (κ2) is 8.51. The first-order chi connectivity index (χ1) is 14.8. The Morgan fingerprint density at radius 2 is 1.61 bits per heavy atom. The van der Waals surface area contributed by atoms with Gasteiger partial charge in [0.05, 0.1) is 10.3 Å². The van der Waals surface area contributed by atoms with Crippen LogP contribution in [0.15, 0.2) is 47.4 Å². The molecule has 1 saturated carbocycles. The molecule has 0 unspecified atom stereocenters. The van der Waals surface area contributed by atoms with Gasteiger partial charge in [0.1, 0.15) is 13.2 Å². The molecule has 2 aromatic rings. The molecule has 1 aliphatic carbocycles. The number of hydrogen-bond donors (Lipinski definition) is 2. The lowest BCUT2D eigenvalue weighted by Crippen LogP contribution is -2.38. The number of carbonyl (C=O) groups excluding carboxylic acids is 1. The Hall–Kier alpha value is -2.58. The fourth-order valence-electron chi connectivity index (χ4n) is 4.31. The summed E-state index contributed by atoms with van der Waals surface area (Å²) in [4.78, 5) is 13.6. The Balaban J connectivity index is 1.56. The zero-order valence-corrected chi connectivity index (χ0v) is 18.6. The summed E-state index contributed by atoms with van der Waals surface area (Å²) in [5, 5.41) is 3.00. The molecule has 2 N–H and O–H groups in total. The molecule has 1 amide bonds. The summed E-state index contributed by atoms with van der Waals surface area (Å²) in [6, 6.07) is 11.8. The number of rotatable bonds is 6. The highest BCUT2D eigenvalue weighted by molar-refractivity contribution is 7.89. The van der Waals surface area contributed by atoms with Crippen molar-refractivity contribution in [3.05, 3.63) is 48.0 Å². The lowest BCUT2D eigenvalue weighted by molar-refractivity contribution is -0.121. The molecule has 2 aromatic carbocycles. The largest absolute Gasteiger partial charge is 0.486 e. The molecule has 0 atom stereocenters. The topological polar surface area (TPSA) is 93.7 Å². The molecular weight excluding hydrogens is 416 g/mol. The highest BCUT2D eigenvalue weighted by Crippen LogP contribution is 2.45. The summed E-state index contributed by atoms with van der Waals surface area (Å²) >= 11 is 0. The quantitative estimate of drug-likeness (QED) is 0.710. The number of sulfonamides is 1. The molecule has 31 heavy (non-hydrogen) atoms. The van der Waals surface area contributed by atoms with Crippen molar-refractivity contribution in [1.82, 2.24) is 4.72 Å². The summed E-state index contributed by atoms with van der Waals surface area (Å²) in [6.45, 7) is 4.56. The van der Waals surface area contributed by atoms with Gasteiger partial charge in [0.25, 0.3) is 0 Å². The Morgan fingerprint density at radius 1 is 0.968 bits per heavy atom. The maximum absolute atomic E-state index is 13.4. The minimum Gasteiger partial charge on any atom is -0.486 e. The standard InChI is InChI=1S/C23H28N2O5S/c1-16(2)25-31(27,28)19-8-6-18(7-9-19)24-22(26)23(11-3-4-12-23)17-5-10-20-21(15-17)30-14-13-29-20/h5-10,15-16,25H,3-4,11-14H2,1-2H3,(H,24,26). The number of benzene rings is 2. The Labute approximate surface area is 183 Å². The van der Waals surface area contributed by atoms with Crippen LogP contribution in [0.1, 0.15) is 45.1 Å². The van der Waals surface area contributed by atoms with E-state index in [-0.39, 0.29) is 16.8 Å². The molecule has 2 aliphatic rings. The van der Waals surface area contributed by atoms with Gasteiger partial charge in [0, 0.05) is 11.7 Å². The summed E-state index contributed by atoms with van der Waals surface area (Å²) in [5.41, 5.74) is 0.851. The van der Waals surface area contributed by atoms with Crippen LogP contribution < -0.4 is 19.5 Å². The van der Waals surface area contributed by atoms with Gasteiger partial charge in [0.15, 0.2) is 11.5 Å². The highest BCUT2D eigenvalue weighted by atomic mass is 32.2. The smallest absolute Gasteiger partial charge is 0.240 e. The van der Waals surface area contributed by atoms with Crippen LogP contribution in [0.5, 0.6) is 11.5 Å². The van der Waals surface area contributed by atoms with Crippen LogP contribution in [-0.4, -0.2) is 33.6 Å². The zero-order valence-electron chi connectivity index (χ0n) is 17.8. The van der Waals surface area contributed by atoms with Crippen LogP contribution >= 0.6 is 0 Å². The molecule has 8 heteroatoms. The highest BCUT2D eigenvalue weighted by Gasteiger charge is 2.43. The predicted molar refractivity (Wildman–Crippen MR) is 118 cm³/mol. The third kappa shape index (κ3) is 4.41. The molecule has 0 radical (unpaired) electrons. The maximum Gasteiger partial charge on any atom is 0.240 e. The van der Waals surface area contributed by atoms with Crippen molar-refractivity contribution < 1.29 is 22.7 Å². The molecule has 1 fully saturated rings. The van der Waals surface area contributed by atoms with E-state index in [1.165, 1.54) is 12.1 Å². The Kier molecular flexibility index (Phi) is 5.94. The first kappa shape index (κ1) is 21.6. The molecule has 1 heterocycles. The monoisotopic (exact) mass is 444 g/mol. The van der Waals surface area contributed by atoms with Gasteiger partial charge < -0.3 is 14.8 Å². The average Bonchev–Trinajstić information content (AvgIpc) is 3.24. The Morgan fingerprint density at radius 3 is 2.26 bits per heavy atom. The summed E-state index contributed by atoms with van der Waals surface area (Å²) in [5.74, 6) is 1.29. The van der Waals surface area contributed by atoms with Crippen LogP contribution in [0.3, 0.4) is 0 Å². The van der Waals surface area contributed by atoms with Crippen LogP contribution in [0, 0.1) is 0 Å². The van der Waals surface area contributed by atoms with E-state index in [2.05, 4.69) is 10.0 Å².